The van der Waals surface area contributed by atoms with Crippen LogP contribution in [0.4, 0.5) is 0 Å². The zero-order valence-electron chi connectivity index (χ0n) is 13.5. The highest BCUT2D eigenvalue weighted by Crippen LogP contribution is 2.44. The molecule has 1 fully saturated rings. The molecular weight excluding hydrogens is 242 g/mol. The maximum absolute atomic E-state index is 3.70. The number of hydrogen-bond acceptors (Lipinski definition) is 1. The van der Waals surface area contributed by atoms with Crippen molar-refractivity contribution in [2.45, 2.75) is 70.3 Å². The third kappa shape index (κ3) is 3.09. The second kappa shape index (κ2) is 7.26. The van der Waals surface area contributed by atoms with Gasteiger partial charge in [-0.15, -0.1) is 0 Å². The van der Waals surface area contributed by atoms with Crippen LogP contribution in [0.1, 0.15) is 64.4 Å². The van der Waals surface area contributed by atoms with Crippen LogP contribution in [0.3, 0.4) is 0 Å². The molecule has 2 rings (SSSR count). The van der Waals surface area contributed by atoms with Gasteiger partial charge in [-0.1, -0.05) is 69.9 Å². The molecule has 1 aliphatic rings. The average Bonchev–Trinajstić information content (AvgIpc) is 2.50. The number of rotatable bonds is 6. The van der Waals surface area contributed by atoms with Crippen molar-refractivity contribution in [2.75, 3.05) is 7.05 Å². The zero-order chi connectivity index (χ0) is 14.4. The molecule has 1 nitrogen and oxygen atoms in total. The molecule has 0 aliphatic heterocycles. The molecule has 2 atom stereocenters. The first-order valence-corrected chi connectivity index (χ1v) is 8.47. The summed E-state index contributed by atoms with van der Waals surface area (Å²) >= 11 is 0. The fourth-order valence-corrected chi connectivity index (χ4v) is 4.46. The lowest BCUT2D eigenvalue weighted by Crippen LogP contribution is -2.52. The summed E-state index contributed by atoms with van der Waals surface area (Å²) in [5, 5.41) is 3.70. The van der Waals surface area contributed by atoms with Crippen molar-refractivity contribution >= 4 is 0 Å². The lowest BCUT2D eigenvalue weighted by molar-refractivity contribution is 0.169. The van der Waals surface area contributed by atoms with E-state index in [1.54, 1.807) is 5.56 Å². The van der Waals surface area contributed by atoms with Crippen molar-refractivity contribution in [2.24, 2.45) is 5.92 Å². The topological polar surface area (TPSA) is 12.0 Å². The Hall–Kier alpha value is -0.820. The fraction of sp³-hybridized carbons (Fsp3) is 0.684. The van der Waals surface area contributed by atoms with Gasteiger partial charge in [-0.2, -0.15) is 0 Å². The second-order valence-electron chi connectivity index (χ2n) is 6.62. The van der Waals surface area contributed by atoms with Crippen molar-refractivity contribution < 1.29 is 0 Å². The van der Waals surface area contributed by atoms with E-state index < -0.39 is 0 Å². The first-order chi connectivity index (χ1) is 9.74. The van der Waals surface area contributed by atoms with Crippen LogP contribution in [-0.2, 0) is 5.41 Å². The van der Waals surface area contributed by atoms with Crippen LogP contribution in [0.25, 0.3) is 0 Å². The van der Waals surface area contributed by atoms with Crippen LogP contribution in [0.5, 0.6) is 0 Å². The van der Waals surface area contributed by atoms with Crippen LogP contribution in [0, 0.1) is 5.92 Å². The molecule has 0 radical (unpaired) electrons. The SMILES string of the molecule is CCCC(C)C(NC)C1(c2ccccc2)CCCCC1. The lowest BCUT2D eigenvalue weighted by Gasteiger charge is -2.47. The van der Waals surface area contributed by atoms with E-state index in [1.165, 1.54) is 44.9 Å². The molecular formula is C19H31N. The molecule has 20 heavy (non-hydrogen) atoms. The molecule has 1 aliphatic carbocycles. The molecule has 1 aromatic rings. The molecule has 2 unspecified atom stereocenters. The molecule has 112 valence electrons. The summed E-state index contributed by atoms with van der Waals surface area (Å²) < 4.78 is 0. The van der Waals surface area contributed by atoms with Crippen LogP contribution in [0.15, 0.2) is 30.3 Å². The number of hydrogen-bond donors (Lipinski definition) is 1. The summed E-state index contributed by atoms with van der Waals surface area (Å²) in [5.41, 5.74) is 1.91. The van der Waals surface area contributed by atoms with Gasteiger partial charge < -0.3 is 5.32 Å². The third-order valence-electron chi connectivity index (χ3n) is 5.31. The third-order valence-corrected chi connectivity index (χ3v) is 5.31. The average molecular weight is 273 g/mol. The van der Waals surface area contributed by atoms with E-state index in [2.05, 4.69) is 56.5 Å². The first kappa shape index (κ1) is 15.6. The molecule has 1 heteroatoms. The predicted molar refractivity (Wildman–Crippen MR) is 88.1 cm³/mol. The highest BCUT2D eigenvalue weighted by atomic mass is 14.9. The minimum absolute atomic E-state index is 0.350. The van der Waals surface area contributed by atoms with Gasteiger partial charge >= 0.3 is 0 Å². The van der Waals surface area contributed by atoms with E-state index in [1.807, 2.05) is 0 Å². The van der Waals surface area contributed by atoms with Crippen LogP contribution < -0.4 is 5.32 Å². The minimum atomic E-state index is 0.350. The Kier molecular flexibility index (Phi) is 5.65. The smallest absolute Gasteiger partial charge is 0.0187 e. The standard InChI is InChI=1S/C19H31N/c1-4-11-16(2)18(20-3)19(14-9-6-10-15-19)17-12-7-5-8-13-17/h5,7-8,12-13,16,18,20H,4,6,9-11,14-15H2,1-3H3. The number of nitrogens with one attached hydrogen (secondary N) is 1. The van der Waals surface area contributed by atoms with Crippen molar-refractivity contribution in [1.29, 1.82) is 0 Å². The van der Waals surface area contributed by atoms with Crippen molar-refractivity contribution in [1.82, 2.24) is 5.32 Å². The molecule has 1 N–H and O–H groups in total. The van der Waals surface area contributed by atoms with Gasteiger partial charge in [-0.25, -0.2) is 0 Å². The van der Waals surface area contributed by atoms with E-state index in [4.69, 9.17) is 0 Å². The maximum Gasteiger partial charge on any atom is 0.0187 e. The van der Waals surface area contributed by atoms with Gasteiger partial charge in [0.25, 0.3) is 0 Å². The van der Waals surface area contributed by atoms with Gasteiger partial charge in [0.2, 0.25) is 0 Å². The Labute approximate surface area is 125 Å². The summed E-state index contributed by atoms with van der Waals surface area (Å²) in [5.74, 6) is 0.739. The molecule has 0 bridgehead atoms. The highest BCUT2D eigenvalue weighted by Gasteiger charge is 2.42. The first-order valence-electron chi connectivity index (χ1n) is 8.47. The van der Waals surface area contributed by atoms with Gasteiger partial charge in [-0.05, 0) is 37.8 Å². The largest absolute Gasteiger partial charge is 0.316 e. The normalized spacial score (nSPS) is 21.4. The van der Waals surface area contributed by atoms with E-state index in [0.717, 1.165) is 5.92 Å². The monoisotopic (exact) mass is 273 g/mol. The van der Waals surface area contributed by atoms with Crippen molar-refractivity contribution in [3.63, 3.8) is 0 Å². The summed E-state index contributed by atoms with van der Waals surface area (Å²) in [6.45, 7) is 4.74. The second-order valence-corrected chi connectivity index (χ2v) is 6.62. The number of likely N-dealkylation sites (N-methyl/N-ethyl adjacent to an activating group) is 1. The van der Waals surface area contributed by atoms with Crippen molar-refractivity contribution in [3.05, 3.63) is 35.9 Å². The zero-order valence-corrected chi connectivity index (χ0v) is 13.5. The molecule has 0 spiro atoms. The summed E-state index contributed by atoms with van der Waals surface area (Å²) in [6.07, 6.45) is 9.46. The Morgan fingerprint density at radius 3 is 2.30 bits per heavy atom. The van der Waals surface area contributed by atoms with Gasteiger partial charge in [-0.3, -0.25) is 0 Å². The minimum Gasteiger partial charge on any atom is -0.316 e. The highest BCUT2D eigenvalue weighted by molar-refractivity contribution is 5.29. The van der Waals surface area contributed by atoms with E-state index in [-0.39, 0.29) is 0 Å². The Morgan fingerprint density at radius 1 is 1.10 bits per heavy atom. The summed E-state index contributed by atoms with van der Waals surface area (Å²) in [7, 11) is 2.16. The summed E-state index contributed by atoms with van der Waals surface area (Å²) in [4.78, 5) is 0. The molecule has 0 amide bonds. The summed E-state index contributed by atoms with van der Waals surface area (Å²) in [6, 6.07) is 11.9. The Bertz CT molecular complexity index is 378. The van der Waals surface area contributed by atoms with Crippen molar-refractivity contribution in [3.8, 4) is 0 Å². The lowest BCUT2D eigenvalue weighted by atomic mass is 9.61. The van der Waals surface area contributed by atoms with Gasteiger partial charge in [0, 0.05) is 11.5 Å². The molecule has 0 heterocycles. The maximum atomic E-state index is 3.70. The van der Waals surface area contributed by atoms with Crippen LogP contribution >= 0.6 is 0 Å². The van der Waals surface area contributed by atoms with E-state index in [0.29, 0.717) is 11.5 Å². The Morgan fingerprint density at radius 2 is 1.75 bits per heavy atom. The van der Waals surface area contributed by atoms with Crippen LogP contribution in [0.2, 0.25) is 0 Å². The quantitative estimate of drug-likeness (QED) is 0.776. The Balaban J connectivity index is 2.35. The van der Waals surface area contributed by atoms with E-state index >= 15 is 0 Å². The van der Waals surface area contributed by atoms with Gasteiger partial charge in [0.1, 0.15) is 0 Å². The van der Waals surface area contributed by atoms with E-state index in [9.17, 15) is 0 Å². The molecule has 1 saturated carbocycles. The predicted octanol–water partition coefficient (Wildman–Crippen LogP) is 4.91. The van der Waals surface area contributed by atoms with Gasteiger partial charge in [0.15, 0.2) is 0 Å². The molecule has 0 aromatic heterocycles. The van der Waals surface area contributed by atoms with Crippen LogP contribution in [-0.4, -0.2) is 13.1 Å². The molecule has 0 saturated heterocycles. The molecule has 1 aromatic carbocycles. The van der Waals surface area contributed by atoms with Gasteiger partial charge in [0.05, 0.1) is 0 Å². The fourth-order valence-electron chi connectivity index (χ4n) is 4.46. The number of benzene rings is 1.